The Labute approximate surface area is 117 Å². The zero-order valence-corrected chi connectivity index (χ0v) is 12.4. The number of thioether (sulfide) groups is 1. The molecule has 0 saturated carbocycles. The molecule has 1 aliphatic rings. The third-order valence-corrected chi connectivity index (χ3v) is 5.28. The molecule has 0 unspecified atom stereocenters. The lowest BCUT2D eigenvalue weighted by Gasteiger charge is -2.13. The zero-order valence-electron chi connectivity index (χ0n) is 10.8. The average molecular weight is 304 g/mol. The molecule has 19 heavy (non-hydrogen) atoms. The van der Waals surface area contributed by atoms with Gasteiger partial charge >= 0.3 is 0 Å². The highest BCUT2D eigenvalue weighted by Gasteiger charge is 2.25. The van der Waals surface area contributed by atoms with Crippen LogP contribution < -0.4 is 9.47 Å². The number of hydrogen-bond donors (Lipinski definition) is 0. The molecule has 2 rings (SSSR count). The monoisotopic (exact) mass is 304 g/mol. The minimum Gasteiger partial charge on any atom is -0.493 e. The Morgan fingerprint density at radius 3 is 2.53 bits per heavy atom. The first-order valence-corrected chi connectivity index (χ1v) is 8.36. The summed E-state index contributed by atoms with van der Waals surface area (Å²) in [5, 5.41) is 0. The van der Waals surface area contributed by atoms with Crippen LogP contribution in [0.4, 0.5) is 0 Å². The van der Waals surface area contributed by atoms with Crippen LogP contribution in [0.15, 0.2) is 23.1 Å². The van der Waals surface area contributed by atoms with Crippen molar-refractivity contribution in [1.29, 1.82) is 0 Å². The molecule has 1 aliphatic heterocycles. The van der Waals surface area contributed by atoms with E-state index in [1.165, 1.54) is 26.4 Å². The van der Waals surface area contributed by atoms with Crippen molar-refractivity contribution in [3.8, 4) is 11.5 Å². The van der Waals surface area contributed by atoms with Crippen LogP contribution in [-0.4, -0.2) is 40.2 Å². The molecule has 0 N–H and O–H groups in total. The maximum Gasteiger partial charge on any atom is 0.297 e. The van der Waals surface area contributed by atoms with Crippen molar-refractivity contribution in [3.63, 3.8) is 0 Å². The van der Waals surface area contributed by atoms with Crippen molar-refractivity contribution in [2.75, 3.05) is 25.7 Å². The summed E-state index contributed by atoms with van der Waals surface area (Å²) in [4.78, 5) is 0.0852. The first kappa shape index (κ1) is 14.5. The SMILES string of the molecule is COc1ccc(S(=O)(=O)O[C@@H]2CCSC2)cc1OC. The van der Waals surface area contributed by atoms with Gasteiger partial charge < -0.3 is 9.47 Å². The summed E-state index contributed by atoms with van der Waals surface area (Å²) in [6.07, 6.45) is 0.528. The second-order valence-corrected chi connectivity index (χ2v) is 6.77. The van der Waals surface area contributed by atoms with Crippen LogP contribution in [0.1, 0.15) is 6.42 Å². The Morgan fingerprint density at radius 1 is 1.21 bits per heavy atom. The van der Waals surface area contributed by atoms with Gasteiger partial charge in [-0.25, -0.2) is 0 Å². The fourth-order valence-electron chi connectivity index (χ4n) is 1.80. The molecule has 7 heteroatoms. The molecular formula is C12H16O5S2. The van der Waals surface area contributed by atoms with E-state index in [4.69, 9.17) is 13.7 Å². The minimum absolute atomic E-state index is 0.0852. The number of rotatable bonds is 5. The quantitative estimate of drug-likeness (QED) is 0.775. The van der Waals surface area contributed by atoms with E-state index in [2.05, 4.69) is 0 Å². The van der Waals surface area contributed by atoms with E-state index < -0.39 is 10.1 Å². The Hall–Kier alpha value is -0.920. The van der Waals surface area contributed by atoms with Crippen LogP contribution in [0.2, 0.25) is 0 Å². The second kappa shape index (κ2) is 6.02. The zero-order chi connectivity index (χ0) is 13.9. The number of benzene rings is 1. The first-order valence-electron chi connectivity index (χ1n) is 5.80. The Bertz CT molecular complexity index is 535. The van der Waals surface area contributed by atoms with Crippen molar-refractivity contribution in [1.82, 2.24) is 0 Å². The highest BCUT2D eigenvalue weighted by Crippen LogP contribution is 2.31. The molecule has 1 atom stereocenters. The second-order valence-electron chi connectivity index (χ2n) is 4.05. The van der Waals surface area contributed by atoms with Crippen LogP contribution >= 0.6 is 11.8 Å². The van der Waals surface area contributed by atoms with E-state index in [0.29, 0.717) is 17.3 Å². The smallest absolute Gasteiger partial charge is 0.297 e. The topological polar surface area (TPSA) is 61.8 Å². The van der Waals surface area contributed by atoms with Gasteiger partial charge in [-0.05, 0) is 24.3 Å². The van der Waals surface area contributed by atoms with E-state index in [9.17, 15) is 8.42 Å². The van der Waals surface area contributed by atoms with Gasteiger partial charge in [-0.3, -0.25) is 4.18 Å². The van der Waals surface area contributed by atoms with Crippen LogP contribution in [0.3, 0.4) is 0 Å². The van der Waals surface area contributed by atoms with Gasteiger partial charge in [0.15, 0.2) is 11.5 Å². The fourth-order valence-corrected chi connectivity index (χ4v) is 4.10. The summed E-state index contributed by atoms with van der Waals surface area (Å²) in [5.41, 5.74) is 0. The van der Waals surface area contributed by atoms with Gasteiger partial charge in [0.05, 0.1) is 25.2 Å². The van der Waals surface area contributed by atoms with E-state index in [1.807, 2.05) is 0 Å². The first-order chi connectivity index (χ1) is 9.06. The molecule has 1 fully saturated rings. The normalized spacial score (nSPS) is 19.4. The molecule has 1 saturated heterocycles. The summed E-state index contributed by atoms with van der Waals surface area (Å²) in [6, 6.07) is 4.42. The molecule has 0 amide bonds. The molecule has 0 radical (unpaired) electrons. The standard InChI is InChI=1S/C12H16O5S2/c1-15-11-4-3-10(7-12(11)16-2)19(13,14)17-9-5-6-18-8-9/h3-4,7,9H,5-6,8H2,1-2H3/t9-/m1/s1. The van der Waals surface area contributed by atoms with Crippen molar-refractivity contribution in [3.05, 3.63) is 18.2 Å². The van der Waals surface area contributed by atoms with Crippen molar-refractivity contribution in [2.24, 2.45) is 0 Å². The molecule has 0 bridgehead atoms. The van der Waals surface area contributed by atoms with E-state index in [1.54, 1.807) is 17.8 Å². The third kappa shape index (κ3) is 3.34. The van der Waals surface area contributed by atoms with Gasteiger partial charge in [0.1, 0.15) is 0 Å². The summed E-state index contributed by atoms with van der Waals surface area (Å²) < 4.78 is 39.6. The van der Waals surface area contributed by atoms with Crippen LogP contribution in [0, 0.1) is 0 Å². The van der Waals surface area contributed by atoms with Gasteiger partial charge in [0.2, 0.25) is 0 Å². The molecule has 1 aromatic carbocycles. The summed E-state index contributed by atoms with van der Waals surface area (Å²) in [5.74, 6) is 2.50. The molecular weight excluding hydrogens is 288 g/mol. The lowest BCUT2D eigenvalue weighted by molar-refractivity contribution is 0.236. The van der Waals surface area contributed by atoms with Gasteiger partial charge in [0.25, 0.3) is 10.1 Å². The van der Waals surface area contributed by atoms with Gasteiger partial charge in [-0.2, -0.15) is 20.2 Å². The van der Waals surface area contributed by atoms with E-state index in [0.717, 1.165) is 12.2 Å². The highest BCUT2D eigenvalue weighted by atomic mass is 32.2. The van der Waals surface area contributed by atoms with E-state index >= 15 is 0 Å². The summed E-state index contributed by atoms with van der Waals surface area (Å²) in [6.45, 7) is 0. The number of methoxy groups -OCH3 is 2. The predicted octanol–water partition coefficient (Wildman–Crippen LogP) is 1.91. The van der Waals surface area contributed by atoms with Gasteiger partial charge in [-0.1, -0.05) is 0 Å². The molecule has 106 valence electrons. The predicted molar refractivity (Wildman–Crippen MR) is 73.5 cm³/mol. The Balaban J connectivity index is 2.24. The maximum atomic E-state index is 12.1. The van der Waals surface area contributed by atoms with Crippen molar-refractivity contribution >= 4 is 21.9 Å². The summed E-state index contributed by atoms with van der Waals surface area (Å²) >= 11 is 1.70. The molecule has 0 spiro atoms. The molecule has 5 nitrogen and oxygen atoms in total. The van der Waals surface area contributed by atoms with Gasteiger partial charge in [0, 0.05) is 11.8 Å². The molecule has 0 aromatic heterocycles. The largest absolute Gasteiger partial charge is 0.493 e. The van der Waals surface area contributed by atoms with Crippen LogP contribution in [0.25, 0.3) is 0 Å². The Kier molecular flexibility index (Phi) is 4.59. The Morgan fingerprint density at radius 2 is 1.95 bits per heavy atom. The van der Waals surface area contributed by atoms with Crippen molar-refractivity contribution < 1.29 is 22.1 Å². The third-order valence-electron chi connectivity index (χ3n) is 2.79. The lowest BCUT2D eigenvalue weighted by atomic mass is 10.3. The fraction of sp³-hybridized carbons (Fsp3) is 0.500. The lowest BCUT2D eigenvalue weighted by Crippen LogP contribution is -2.18. The molecule has 1 aromatic rings. The van der Waals surface area contributed by atoms with Crippen LogP contribution in [-0.2, 0) is 14.3 Å². The minimum atomic E-state index is -3.75. The highest BCUT2D eigenvalue weighted by molar-refractivity contribution is 7.99. The molecule has 1 heterocycles. The molecule has 0 aliphatic carbocycles. The van der Waals surface area contributed by atoms with Gasteiger partial charge in [-0.15, -0.1) is 0 Å². The van der Waals surface area contributed by atoms with Crippen LogP contribution in [0.5, 0.6) is 11.5 Å². The number of hydrogen-bond acceptors (Lipinski definition) is 6. The number of ether oxygens (including phenoxy) is 2. The van der Waals surface area contributed by atoms with E-state index in [-0.39, 0.29) is 11.0 Å². The van der Waals surface area contributed by atoms with Crippen molar-refractivity contribution in [2.45, 2.75) is 17.4 Å². The average Bonchev–Trinajstić information content (AvgIpc) is 2.89. The maximum absolute atomic E-state index is 12.1. The summed E-state index contributed by atoms with van der Waals surface area (Å²) in [7, 11) is -0.791.